The highest BCUT2D eigenvalue weighted by Crippen LogP contribution is 2.28. The van der Waals surface area contributed by atoms with Crippen LogP contribution in [0.5, 0.6) is 0 Å². The zero-order valence-corrected chi connectivity index (χ0v) is 10.1. The molecule has 1 unspecified atom stereocenters. The smallest absolute Gasteiger partial charge is 0.125 e. The third-order valence-electron chi connectivity index (χ3n) is 2.58. The van der Waals surface area contributed by atoms with Crippen LogP contribution in [0.1, 0.15) is 22.9 Å². The molecule has 0 spiro atoms. The van der Waals surface area contributed by atoms with Gasteiger partial charge in [0.2, 0.25) is 0 Å². The summed E-state index contributed by atoms with van der Waals surface area (Å²) in [6.45, 7) is 2.02. The van der Waals surface area contributed by atoms with Crippen LogP contribution in [0.15, 0.2) is 41.0 Å². The van der Waals surface area contributed by atoms with Crippen molar-refractivity contribution in [1.29, 1.82) is 0 Å². The molecule has 1 aromatic heterocycles. The maximum Gasteiger partial charge on any atom is 0.125 e. The van der Waals surface area contributed by atoms with Gasteiger partial charge in [0.1, 0.15) is 5.76 Å². The van der Waals surface area contributed by atoms with Crippen LogP contribution in [-0.2, 0) is 0 Å². The molecule has 0 saturated carbocycles. The van der Waals surface area contributed by atoms with E-state index in [2.05, 4.69) is 11.4 Å². The predicted molar refractivity (Wildman–Crippen MR) is 65.8 cm³/mol. The summed E-state index contributed by atoms with van der Waals surface area (Å²) in [5.41, 5.74) is 2.19. The van der Waals surface area contributed by atoms with Crippen LogP contribution in [-0.4, -0.2) is 7.05 Å². The van der Waals surface area contributed by atoms with Gasteiger partial charge < -0.3 is 9.73 Å². The van der Waals surface area contributed by atoms with Gasteiger partial charge in [-0.2, -0.15) is 0 Å². The summed E-state index contributed by atoms with van der Waals surface area (Å²) < 4.78 is 5.41. The molecule has 0 fully saturated rings. The minimum Gasteiger partial charge on any atom is -0.467 e. The predicted octanol–water partition coefficient (Wildman–Crippen LogP) is 3.55. The topological polar surface area (TPSA) is 25.2 Å². The Morgan fingerprint density at radius 3 is 2.69 bits per heavy atom. The second-order valence-corrected chi connectivity index (χ2v) is 4.17. The Hall–Kier alpha value is -1.25. The van der Waals surface area contributed by atoms with Gasteiger partial charge in [-0.05, 0) is 43.3 Å². The molecule has 16 heavy (non-hydrogen) atoms. The minimum atomic E-state index is 0.00287. The molecule has 0 aliphatic rings. The first-order chi connectivity index (χ1) is 7.72. The fourth-order valence-corrected chi connectivity index (χ4v) is 2.12. The van der Waals surface area contributed by atoms with E-state index in [-0.39, 0.29) is 6.04 Å². The van der Waals surface area contributed by atoms with Crippen LogP contribution in [0.25, 0.3) is 0 Å². The molecule has 0 aliphatic carbocycles. The summed E-state index contributed by atoms with van der Waals surface area (Å²) in [6.07, 6.45) is 1.67. The summed E-state index contributed by atoms with van der Waals surface area (Å²) in [4.78, 5) is 0. The molecule has 1 heterocycles. The molecule has 1 atom stereocenters. The molecule has 84 valence electrons. The van der Waals surface area contributed by atoms with Crippen LogP contribution < -0.4 is 5.32 Å². The zero-order chi connectivity index (χ0) is 11.5. The van der Waals surface area contributed by atoms with E-state index in [4.69, 9.17) is 16.0 Å². The third kappa shape index (κ3) is 2.13. The molecule has 0 amide bonds. The lowest BCUT2D eigenvalue weighted by Gasteiger charge is -2.15. The molecule has 0 radical (unpaired) electrons. The van der Waals surface area contributed by atoms with Gasteiger partial charge in [0.25, 0.3) is 0 Å². The zero-order valence-electron chi connectivity index (χ0n) is 9.33. The maximum absolute atomic E-state index is 6.24. The number of halogens is 1. The largest absolute Gasteiger partial charge is 0.467 e. The minimum absolute atomic E-state index is 0.00287. The maximum atomic E-state index is 6.24. The first-order valence-corrected chi connectivity index (χ1v) is 5.57. The van der Waals surface area contributed by atoms with Crippen molar-refractivity contribution in [3.8, 4) is 0 Å². The summed E-state index contributed by atoms with van der Waals surface area (Å²) in [5, 5.41) is 3.96. The highest BCUT2D eigenvalue weighted by Gasteiger charge is 2.17. The van der Waals surface area contributed by atoms with E-state index in [9.17, 15) is 0 Å². The van der Waals surface area contributed by atoms with Gasteiger partial charge in [-0.1, -0.05) is 23.7 Å². The summed E-state index contributed by atoms with van der Waals surface area (Å²) in [7, 11) is 1.89. The lowest BCUT2D eigenvalue weighted by atomic mass is 10.0. The van der Waals surface area contributed by atoms with Crippen LogP contribution >= 0.6 is 11.6 Å². The molecular formula is C13H14ClNO. The monoisotopic (exact) mass is 235 g/mol. The van der Waals surface area contributed by atoms with Gasteiger partial charge in [0.15, 0.2) is 0 Å². The lowest BCUT2D eigenvalue weighted by Crippen LogP contribution is -2.17. The summed E-state index contributed by atoms with van der Waals surface area (Å²) >= 11 is 6.24. The second-order valence-electron chi connectivity index (χ2n) is 3.76. The Bertz CT molecular complexity index is 465. The summed E-state index contributed by atoms with van der Waals surface area (Å²) in [5.74, 6) is 0.869. The number of aryl methyl sites for hydroxylation is 1. The van der Waals surface area contributed by atoms with Crippen LogP contribution in [0.2, 0.25) is 5.02 Å². The van der Waals surface area contributed by atoms with Crippen molar-refractivity contribution in [3.05, 3.63) is 58.5 Å². The number of hydrogen-bond donors (Lipinski definition) is 1. The quantitative estimate of drug-likeness (QED) is 0.880. The van der Waals surface area contributed by atoms with E-state index >= 15 is 0 Å². The lowest BCUT2D eigenvalue weighted by molar-refractivity contribution is 0.463. The number of furan rings is 1. The highest BCUT2D eigenvalue weighted by molar-refractivity contribution is 6.31. The van der Waals surface area contributed by atoms with Crippen LogP contribution in [0.4, 0.5) is 0 Å². The molecule has 3 heteroatoms. The Morgan fingerprint density at radius 1 is 1.31 bits per heavy atom. The first kappa shape index (κ1) is 11.2. The Kier molecular flexibility index (Phi) is 3.32. The molecule has 0 aliphatic heterocycles. The van der Waals surface area contributed by atoms with E-state index in [1.54, 1.807) is 6.26 Å². The molecule has 2 nitrogen and oxygen atoms in total. The molecule has 0 saturated heterocycles. The van der Waals surface area contributed by atoms with E-state index < -0.39 is 0 Å². The van der Waals surface area contributed by atoms with Gasteiger partial charge in [-0.15, -0.1) is 0 Å². The van der Waals surface area contributed by atoms with Crippen LogP contribution in [0, 0.1) is 6.92 Å². The second kappa shape index (κ2) is 4.73. The van der Waals surface area contributed by atoms with Gasteiger partial charge >= 0.3 is 0 Å². The molecular weight excluding hydrogens is 222 g/mol. The third-order valence-corrected chi connectivity index (χ3v) is 2.91. The number of benzene rings is 1. The number of rotatable bonds is 3. The number of nitrogens with one attached hydrogen (secondary N) is 1. The van der Waals surface area contributed by atoms with Crippen molar-refractivity contribution in [2.45, 2.75) is 13.0 Å². The Labute approximate surface area is 100 Å². The SMILES string of the molecule is CNC(c1ccco1)c1ccc(C)cc1Cl. The normalized spacial score (nSPS) is 12.7. The van der Waals surface area contributed by atoms with E-state index in [0.29, 0.717) is 0 Å². The van der Waals surface area contributed by atoms with E-state index in [1.807, 2.05) is 38.2 Å². The highest BCUT2D eigenvalue weighted by atomic mass is 35.5. The van der Waals surface area contributed by atoms with Crippen molar-refractivity contribution in [2.24, 2.45) is 0 Å². The van der Waals surface area contributed by atoms with Crippen molar-refractivity contribution in [2.75, 3.05) is 7.05 Å². The molecule has 0 bridgehead atoms. The van der Waals surface area contributed by atoms with Gasteiger partial charge in [0.05, 0.1) is 12.3 Å². The first-order valence-electron chi connectivity index (χ1n) is 5.19. The van der Waals surface area contributed by atoms with Gasteiger partial charge in [0, 0.05) is 5.02 Å². The molecule has 1 N–H and O–H groups in total. The molecule has 1 aromatic carbocycles. The molecule has 2 aromatic rings. The fraction of sp³-hybridized carbons (Fsp3) is 0.231. The van der Waals surface area contributed by atoms with Crippen molar-refractivity contribution >= 4 is 11.6 Å². The average molecular weight is 236 g/mol. The van der Waals surface area contributed by atoms with E-state index in [1.165, 1.54) is 0 Å². The van der Waals surface area contributed by atoms with Crippen LogP contribution in [0.3, 0.4) is 0 Å². The van der Waals surface area contributed by atoms with Crippen molar-refractivity contribution in [1.82, 2.24) is 5.32 Å². The van der Waals surface area contributed by atoms with Gasteiger partial charge in [-0.3, -0.25) is 0 Å². The van der Waals surface area contributed by atoms with Gasteiger partial charge in [-0.25, -0.2) is 0 Å². The standard InChI is InChI=1S/C13H14ClNO/c1-9-5-6-10(11(14)8-9)13(15-2)12-4-3-7-16-12/h3-8,13,15H,1-2H3. The summed E-state index contributed by atoms with van der Waals surface area (Å²) in [6, 6.07) is 9.86. The Morgan fingerprint density at radius 2 is 2.12 bits per heavy atom. The fourth-order valence-electron chi connectivity index (χ4n) is 1.77. The van der Waals surface area contributed by atoms with Crippen molar-refractivity contribution < 1.29 is 4.42 Å². The molecule has 2 rings (SSSR count). The Balaban J connectivity index is 2.41. The van der Waals surface area contributed by atoms with Crippen molar-refractivity contribution in [3.63, 3.8) is 0 Å². The average Bonchev–Trinajstić information content (AvgIpc) is 2.75. The number of hydrogen-bond acceptors (Lipinski definition) is 2. The van der Waals surface area contributed by atoms with E-state index in [0.717, 1.165) is 21.9 Å².